The van der Waals surface area contributed by atoms with Crippen LogP contribution in [0.15, 0.2) is 54.7 Å². The maximum absolute atomic E-state index is 9.17. The molecule has 0 bridgehead atoms. The highest BCUT2D eigenvalue weighted by Gasteiger charge is 2.28. The largest absolute Gasteiger partial charge is 0.221 e. The molecule has 0 unspecified atom stereocenters. The van der Waals surface area contributed by atoms with Gasteiger partial charge in [0.1, 0.15) is 0 Å². The molecule has 0 aliphatic carbocycles. The number of hydrogen-bond donors (Lipinski definition) is 0. The Morgan fingerprint density at radius 1 is 0.880 bits per heavy atom. The van der Waals surface area contributed by atoms with Gasteiger partial charge in [-0.2, -0.15) is 9.83 Å². The Morgan fingerprint density at radius 2 is 1.72 bits per heavy atom. The molecule has 0 radical (unpaired) electrons. The molecule has 4 aromatic rings. The van der Waals surface area contributed by atoms with Crippen molar-refractivity contribution in [3.8, 4) is 17.3 Å². The van der Waals surface area contributed by atoms with E-state index in [0.29, 0.717) is 0 Å². The highest BCUT2D eigenvalue weighted by Crippen LogP contribution is 2.36. The predicted octanol–water partition coefficient (Wildman–Crippen LogP) is 4.80. The summed E-state index contributed by atoms with van der Waals surface area (Å²) in [6, 6.07) is 19.5. The highest BCUT2D eigenvalue weighted by atomic mass is 15.0. The van der Waals surface area contributed by atoms with E-state index in [1.54, 1.807) is 0 Å². The maximum atomic E-state index is 9.17. The van der Waals surface area contributed by atoms with Crippen LogP contribution in [0.1, 0.15) is 22.3 Å². The molecule has 1 aliphatic heterocycles. The third-order valence-electron chi connectivity index (χ3n) is 5.32. The lowest BCUT2D eigenvalue weighted by Gasteiger charge is -2.09. The predicted molar refractivity (Wildman–Crippen MR) is 100 cm³/mol. The van der Waals surface area contributed by atoms with Crippen molar-refractivity contribution in [1.82, 2.24) is 0 Å². The second-order valence-corrected chi connectivity index (χ2v) is 6.98. The number of rotatable bonds is 0. The van der Waals surface area contributed by atoms with E-state index in [1.165, 1.54) is 49.5 Å². The van der Waals surface area contributed by atoms with Gasteiger partial charge in [0.15, 0.2) is 12.7 Å². The van der Waals surface area contributed by atoms with Crippen molar-refractivity contribution in [3.63, 3.8) is 0 Å². The average Bonchev–Trinajstić information content (AvgIpc) is 2.99. The van der Waals surface area contributed by atoms with Crippen LogP contribution in [0.2, 0.25) is 0 Å². The fourth-order valence-electron chi connectivity index (χ4n) is 4.24. The minimum Gasteiger partial charge on any atom is -0.193 e. The molecule has 2 heterocycles. The zero-order valence-electron chi connectivity index (χ0n) is 14.3. The van der Waals surface area contributed by atoms with E-state index in [1.807, 2.05) is 12.1 Å². The Kier molecular flexibility index (Phi) is 2.79. The van der Waals surface area contributed by atoms with Gasteiger partial charge in [-0.15, -0.1) is 0 Å². The zero-order chi connectivity index (χ0) is 17.1. The molecule has 25 heavy (non-hydrogen) atoms. The summed E-state index contributed by atoms with van der Waals surface area (Å²) in [5.74, 6) is 0. The molecule has 0 fully saturated rings. The first kappa shape index (κ1) is 14.2. The van der Waals surface area contributed by atoms with Gasteiger partial charge in [0.25, 0.3) is 0 Å². The summed E-state index contributed by atoms with van der Waals surface area (Å²) in [6.07, 6.45) is 2.18. The molecule has 1 aromatic heterocycles. The highest BCUT2D eigenvalue weighted by molar-refractivity contribution is 6.11. The monoisotopic (exact) mass is 321 g/mol. The molecule has 0 spiro atoms. The third-order valence-corrected chi connectivity index (χ3v) is 5.32. The Labute approximate surface area is 146 Å². The summed E-state index contributed by atoms with van der Waals surface area (Å²) in [4.78, 5) is 0. The SMILES string of the molecule is Cc1cc(C)c2ccc3c4[n+](ccc3c2c1)Cc1cc(C#N)ccc1-4. The minimum absolute atomic E-state index is 0.730. The molecule has 5 rings (SSSR count). The van der Waals surface area contributed by atoms with Crippen molar-refractivity contribution in [3.05, 3.63) is 77.0 Å². The molecule has 1 aliphatic rings. The summed E-state index contributed by atoms with van der Waals surface area (Å²) in [7, 11) is 0. The van der Waals surface area contributed by atoms with E-state index in [0.717, 1.165) is 12.1 Å². The van der Waals surface area contributed by atoms with E-state index in [4.69, 9.17) is 0 Å². The first-order valence-electron chi connectivity index (χ1n) is 8.55. The van der Waals surface area contributed by atoms with Gasteiger partial charge in [-0.1, -0.05) is 23.8 Å². The Bertz CT molecular complexity index is 1240. The number of aromatic nitrogens is 1. The van der Waals surface area contributed by atoms with Gasteiger partial charge in [-0.05, 0) is 54.4 Å². The molecule has 3 aromatic carbocycles. The van der Waals surface area contributed by atoms with Crippen LogP contribution in [0.5, 0.6) is 0 Å². The lowest BCUT2D eigenvalue weighted by molar-refractivity contribution is -0.671. The topological polar surface area (TPSA) is 27.7 Å². The van der Waals surface area contributed by atoms with Crippen LogP contribution >= 0.6 is 0 Å². The number of pyridine rings is 1. The van der Waals surface area contributed by atoms with Crippen LogP contribution < -0.4 is 4.57 Å². The average molecular weight is 321 g/mol. The van der Waals surface area contributed by atoms with Crippen LogP contribution in [0.3, 0.4) is 0 Å². The Balaban J connectivity index is 1.89. The van der Waals surface area contributed by atoms with Crippen LogP contribution in [0.25, 0.3) is 32.8 Å². The quantitative estimate of drug-likeness (QED) is 0.297. The van der Waals surface area contributed by atoms with E-state index in [9.17, 15) is 5.26 Å². The second-order valence-electron chi connectivity index (χ2n) is 6.98. The number of hydrogen-bond acceptors (Lipinski definition) is 1. The zero-order valence-corrected chi connectivity index (χ0v) is 14.3. The van der Waals surface area contributed by atoms with Crippen LogP contribution in [0.4, 0.5) is 0 Å². The maximum Gasteiger partial charge on any atom is 0.221 e. The van der Waals surface area contributed by atoms with Gasteiger partial charge in [0.05, 0.1) is 22.6 Å². The smallest absolute Gasteiger partial charge is 0.193 e. The molecule has 0 amide bonds. The molecule has 2 heteroatoms. The Hall–Kier alpha value is -3.18. The van der Waals surface area contributed by atoms with Gasteiger partial charge in [-0.25, -0.2) is 0 Å². The summed E-state index contributed by atoms with van der Waals surface area (Å²) in [5, 5.41) is 14.4. The number of benzene rings is 3. The number of aryl methyl sites for hydroxylation is 2. The molecular formula is C23H17N2+. The van der Waals surface area contributed by atoms with Crippen molar-refractivity contribution < 1.29 is 4.57 Å². The number of fused-ring (bicyclic) bond motifs is 7. The molecule has 0 saturated carbocycles. The summed E-state index contributed by atoms with van der Waals surface area (Å²) >= 11 is 0. The summed E-state index contributed by atoms with van der Waals surface area (Å²) in [5.41, 5.74) is 7.08. The van der Waals surface area contributed by atoms with Gasteiger partial charge < -0.3 is 0 Å². The van der Waals surface area contributed by atoms with E-state index < -0.39 is 0 Å². The lowest BCUT2D eigenvalue weighted by Crippen LogP contribution is -2.31. The van der Waals surface area contributed by atoms with Crippen LogP contribution in [-0.4, -0.2) is 0 Å². The summed E-state index contributed by atoms with van der Waals surface area (Å²) in [6.45, 7) is 5.18. The molecule has 0 saturated heterocycles. The van der Waals surface area contributed by atoms with Gasteiger partial charge in [-0.3, -0.25) is 0 Å². The van der Waals surface area contributed by atoms with Crippen LogP contribution in [0, 0.1) is 25.2 Å². The second kappa shape index (κ2) is 4.91. The molecule has 2 nitrogen and oxygen atoms in total. The van der Waals surface area contributed by atoms with Crippen molar-refractivity contribution in [2.75, 3.05) is 0 Å². The lowest BCUT2D eigenvalue weighted by atomic mass is 9.95. The number of nitrogens with zero attached hydrogens (tertiary/aromatic N) is 2. The first-order valence-corrected chi connectivity index (χ1v) is 8.55. The molecular weight excluding hydrogens is 304 g/mol. The van der Waals surface area contributed by atoms with Crippen LogP contribution in [-0.2, 0) is 6.54 Å². The van der Waals surface area contributed by atoms with Gasteiger partial charge in [0.2, 0.25) is 5.69 Å². The van der Waals surface area contributed by atoms with E-state index in [2.05, 4.69) is 67.1 Å². The van der Waals surface area contributed by atoms with Gasteiger partial charge >= 0.3 is 0 Å². The van der Waals surface area contributed by atoms with Crippen molar-refractivity contribution in [2.24, 2.45) is 0 Å². The fraction of sp³-hybridized carbons (Fsp3) is 0.130. The molecule has 118 valence electrons. The fourth-order valence-corrected chi connectivity index (χ4v) is 4.24. The third kappa shape index (κ3) is 1.93. The Morgan fingerprint density at radius 3 is 2.56 bits per heavy atom. The molecule has 0 N–H and O–H groups in total. The first-order chi connectivity index (χ1) is 12.2. The van der Waals surface area contributed by atoms with Crippen molar-refractivity contribution in [2.45, 2.75) is 20.4 Å². The normalized spacial score (nSPS) is 12.2. The molecule has 0 atom stereocenters. The minimum atomic E-state index is 0.730. The van der Waals surface area contributed by atoms with Gasteiger partial charge in [0, 0.05) is 17.0 Å². The van der Waals surface area contributed by atoms with E-state index >= 15 is 0 Å². The summed E-state index contributed by atoms with van der Waals surface area (Å²) < 4.78 is 2.29. The standard InChI is InChI=1S/C23H17N2/c1-14-9-15(2)18-5-6-21-20(22(18)10-14)7-8-25-13-17-11-16(12-24)3-4-19(17)23(21)25/h3-11H,13H2,1-2H3/q+1. The van der Waals surface area contributed by atoms with E-state index in [-0.39, 0.29) is 0 Å². The van der Waals surface area contributed by atoms with Crippen molar-refractivity contribution >= 4 is 21.5 Å². The number of nitriles is 1. The van der Waals surface area contributed by atoms with Crippen molar-refractivity contribution in [1.29, 1.82) is 5.26 Å².